The number of rotatable bonds is 9. The lowest BCUT2D eigenvalue weighted by molar-refractivity contribution is -0.140. The van der Waals surface area contributed by atoms with Gasteiger partial charge in [0.15, 0.2) is 0 Å². The monoisotopic (exact) mass is 434 g/mol. The number of carbonyl (C=O) groups excluding carboxylic acids is 2. The van der Waals surface area contributed by atoms with E-state index in [2.05, 4.69) is 12.2 Å². The van der Waals surface area contributed by atoms with Gasteiger partial charge in [-0.15, -0.1) is 0 Å². The summed E-state index contributed by atoms with van der Waals surface area (Å²) in [5.74, 6) is -0.287. The van der Waals surface area contributed by atoms with Crippen LogP contribution in [0, 0.1) is 6.92 Å². The SMILES string of the molecule is CCCCNC(=O)C(C)N(Cc1ccc(Cl)cc1Cl)C(=O)Cc1ccccc1C. The highest BCUT2D eigenvalue weighted by molar-refractivity contribution is 6.35. The summed E-state index contributed by atoms with van der Waals surface area (Å²) in [6.07, 6.45) is 2.12. The van der Waals surface area contributed by atoms with Gasteiger partial charge in [0, 0.05) is 23.1 Å². The van der Waals surface area contributed by atoms with Crippen LogP contribution in [0.25, 0.3) is 0 Å². The molecule has 0 aliphatic carbocycles. The van der Waals surface area contributed by atoms with E-state index in [1.54, 1.807) is 30.0 Å². The van der Waals surface area contributed by atoms with E-state index in [-0.39, 0.29) is 24.8 Å². The minimum absolute atomic E-state index is 0.122. The summed E-state index contributed by atoms with van der Waals surface area (Å²) in [7, 11) is 0. The normalized spacial score (nSPS) is 11.8. The number of hydrogen-bond donors (Lipinski definition) is 1. The molecule has 0 fully saturated rings. The van der Waals surface area contributed by atoms with Crippen molar-refractivity contribution < 1.29 is 9.59 Å². The number of unbranched alkanes of at least 4 members (excludes halogenated alkanes) is 1. The number of carbonyl (C=O) groups is 2. The fourth-order valence-electron chi connectivity index (χ4n) is 3.03. The highest BCUT2D eigenvalue weighted by Gasteiger charge is 2.27. The van der Waals surface area contributed by atoms with Gasteiger partial charge in [-0.3, -0.25) is 9.59 Å². The molecule has 0 radical (unpaired) electrons. The highest BCUT2D eigenvalue weighted by Crippen LogP contribution is 2.24. The zero-order chi connectivity index (χ0) is 21.4. The number of benzene rings is 2. The first-order valence-electron chi connectivity index (χ1n) is 9.89. The summed E-state index contributed by atoms with van der Waals surface area (Å²) < 4.78 is 0. The molecular formula is C23H28Cl2N2O2. The molecule has 0 heterocycles. The molecule has 4 nitrogen and oxygen atoms in total. The Hall–Kier alpha value is -2.04. The molecule has 0 saturated heterocycles. The van der Waals surface area contributed by atoms with Gasteiger partial charge < -0.3 is 10.2 Å². The molecule has 29 heavy (non-hydrogen) atoms. The van der Waals surface area contributed by atoms with Gasteiger partial charge in [-0.1, -0.05) is 66.9 Å². The van der Waals surface area contributed by atoms with Crippen LogP contribution in [0.2, 0.25) is 10.0 Å². The van der Waals surface area contributed by atoms with Crippen LogP contribution in [0.1, 0.15) is 43.4 Å². The van der Waals surface area contributed by atoms with Crippen molar-refractivity contribution in [2.75, 3.05) is 6.54 Å². The third-order valence-corrected chi connectivity index (χ3v) is 5.54. The Morgan fingerprint density at radius 2 is 1.83 bits per heavy atom. The minimum Gasteiger partial charge on any atom is -0.354 e. The van der Waals surface area contributed by atoms with Gasteiger partial charge >= 0.3 is 0 Å². The molecule has 6 heteroatoms. The second kappa shape index (κ2) is 11.2. The van der Waals surface area contributed by atoms with Crippen LogP contribution >= 0.6 is 23.2 Å². The molecular weight excluding hydrogens is 407 g/mol. The molecule has 2 amide bonds. The van der Waals surface area contributed by atoms with Crippen LogP contribution in [0.3, 0.4) is 0 Å². The van der Waals surface area contributed by atoms with E-state index in [9.17, 15) is 9.59 Å². The topological polar surface area (TPSA) is 49.4 Å². The Morgan fingerprint density at radius 1 is 1.10 bits per heavy atom. The zero-order valence-corrected chi connectivity index (χ0v) is 18.7. The summed E-state index contributed by atoms with van der Waals surface area (Å²) in [5, 5.41) is 3.92. The largest absolute Gasteiger partial charge is 0.354 e. The predicted octanol–water partition coefficient (Wildman–Crippen LogP) is 5.18. The van der Waals surface area contributed by atoms with Crippen molar-refractivity contribution in [2.24, 2.45) is 0 Å². The van der Waals surface area contributed by atoms with Gasteiger partial charge in [0.2, 0.25) is 11.8 Å². The zero-order valence-electron chi connectivity index (χ0n) is 17.2. The van der Waals surface area contributed by atoms with Crippen LogP contribution in [0.15, 0.2) is 42.5 Å². The van der Waals surface area contributed by atoms with Crippen LogP contribution < -0.4 is 5.32 Å². The molecule has 0 aliphatic rings. The minimum atomic E-state index is -0.616. The number of aryl methyl sites for hydroxylation is 1. The molecule has 1 atom stereocenters. The van der Waals surface area contributed by atoms with E-state index in [0.29, 0.717) is 16.6 Å². The summed E-state index contributed by atoms with van der Waals surface area (Å²) in [6, 6.07) is 12.3. The lowest BCUT2D eigenvalue weighted by Crippen LogP contribution is -2.48. The van der Waals surface area contributed by atoms with E-state index in [0.717, 1.165) is 29.5 Å². The molecule has 2 rings (SSSR count). The molecule has 1 unspecified atom stereocenters. The number of halogens is 2. The van der Waals surface area contributed by atoms with E-state index in [1.165, 1.54) is 0 Å². The van der Waals surface area contributed by atoms with Gasteiger partial charge in [-0.05, 0) is 49.1 Å². The lowest BCUT2D eigenvalue weighted by atomic mass is 10.0. The van der Waals surface area contributed by atoms with Crippen LogP contribution in [-0.2, 0) is 22.6 Å². The molecule has 0 bridgehead atoms. The molecule has 0 aliphatic heterocycles. The Kier molecular flexibility index (Phi) is 8.99. The van der Waals surface area contributed by atoms with Gasteiger partial charge in [0.05, 0.1) is 6.42 Å². The molecule has 2 aromatic carbocycles. The van der Waals surface area contributed by atoms with E-state index >= 15 is 0 Å². The summed E-state index contributed by atoms with van der Waals surface area (Å²) in [5.41, 5.74) is 2.75. The Balaban J connectivity index is 2.24. The number of hydrogen-bond acceptors (Lipinski definition) is 2. The Labute approximate surface area is 183 Å². The molecule has 1 N–H and O–H groups in total. The first-order chi connectivity index (χ1) is 13.8. The van der Waals surface area contributed by atoms with Gasteiger partial charge in [-0.25, -0.2) is 0 Å². The average molecular weight is 435 g/mol. The Bertz CT molecular complexity index is 855. The maximum Gasteiger partial charge on any atom is 0.242 e. The van der Waals surface area contributed by atoms with Gasteiger partial charge in [0.25, 0.3) is 0 Å². The Morgan fingerprint density at radius 3 is 2.48 bits per heavy atom. The highest BCUT2D eigenvalue weighted by atomic mass is 35.5. The van der Waals surface area contributed by atoms with E-state index in [4.69, 9.17) is 23.2 Å². The molecule has 2 aromatic rings. The van der Waals surface area contributed by atoms with Crippen molar-refractivity contribution in [3.8, 4) is 0 Å². The van der Waals surface area contributed by atoms with Crippen LogP contribution in [0.4, 0.5) is 0 Å². The first kappa shape index (κ1) is 23.2. The van der Waals surface area contributed by atoms with Crippen molar-refractivity contribution in [3.63, 3.8) is 0 Å². The standard InChI is InChI=1S/C23H28Cl2N2O2/c1-4-5-12-26-23(29)17(3)27(15-19-10-11-20(24)14-21(19)25)22(28)13-18-9-7-6-8-16(18)2/h6-11,14,17H,4-5,12-13,15H2,1-3H3,(H,26,29). The van der Waals surface area contributed by atoms with Crippen molar-refractivity contribution in [1.82, 2.24) is 10.2 Å². The van der Waals surface area contributed by atoms with Gasteiger partial charge in [-0.2, -0.15) is 0 Å². The fraction of sp³-hybridized carbons (Fsp3) is 0.391. The maximum absolute atomic E-state index is 13.2. The summed E-state index contributed by atoms with van der Waals surface area (Å²) in [6.45, 7) is 6.63. The number of amides is 2. The number of nitrogens with one attached hydrogen (secondary N) is 1. The average Bonchev–Trinajstić information content (AvgIpc) is 2.68. The maximum atomic E-state index is 13.2. The van der Waals surface area contributed by atoms with Crippen LogP contribution in [0.5, 0.6) is 0 Å². The van der Waals surface area contributed by atoms with Crippen molar-refractivity contribution in [3.05, 3.63) is 69.2 Å². The van der Waals surface area contributed by atoms with Crippen molar-refractivity contribution >= 4 is 35.0 Å². The van der Waals surface area contributed by atoms with Crippen LogP contribution in [-0.4, -0.2) is 29.3 Å². The molecule has 0 spiro atoms. The second-order valence-corrected chi connectivity index (χ2v) is 8.02. The predicted molar refractivity (Wildman–Crippen MR) is 119 cm³/mol. The fourth-order valence-corrected chi connectivity index (χ4v) is 3.49. The molecule has 156 valence electrons. The first-order valence-corrected chi connectivity index (χ1v) is 10.6. The molecule has 0 aromatic heterocycles. The summed E-state index contributed by atoms with van der Waals surface area (Å²) >= 11 is 12.3. The van der Waals surface area contributed by atoms with E-state index in [1.807, 2.05) is 31.2 Å². The quantitative estimate of drug-likeness (QED) is 0.552. The third-order valence-electron chi connectivity index (χ3n) is 4.96. The summed E-state index contributed by atoms with van der Waals surface area (Å²) in [4.78, 5) is 27.4. The van der Waals surface area contributed by atoms with Crippen molar-refractivity contribution in [2.45, 2.75) is 52.6 Å². The second-order valence-electron chi connectivity index (χ2n) is 7.18. The smallest absolute Gasteiger partial charge is 0.242 e. The number of nitrogens with zero attached hydrogens (tertiary/aromatic N) is 1. The van der Waals surface area contributed by atoms with Crippen molar-refractivity contribution in [1.29, 1.82) is 0 Å². The molecule has 0 saturated carbocycles. The lowest BCUT2D eigenvalue weighted by Gasteiger charge is -2.29. The van der Waals surface area contributed by atoms with E-state index < -0.39 is 6.04 Å². The van der Waals surface area contributed by atoms with Gasteiger partial charge in [0.1, 0.15) is 6.04 Å². The third kappa shape index (κ3) is 6.76.